The molecule has 1 saturated heterocycles. The summed E-state index contributed by atoms with van der Waals surface area (Å²) in [6.07, 6.45) is 11.5. The molecule has 160 valence electrons. The lowest BCUT2D eigenvalue weighted by Gasteiger charge is -2.41. The van der Waals surface area contributed by atoms with Gasteiger partial charge in [0, 0.05) is 33.5 Å². The molecule has 0 radical (unpaired) electrons. The van der Waals surface area contributed by atoms with Crippen molar-refractivity contribution in [1.82, 2.24) is 4.98 Å². The van der Waals surface area contributed by atoms with E-state index in [2.05, 4.69) is 10.9 Å². The Morgan fingerprint density at radius 3 is 2.86 bits per heavy atom. The first kappa shape index (κ1) is 23.3. The lowest BCUT2D eigenvalue weighted by molar-refractivity contribution is -0.286. The fourth-order valence-corrected chi connectivity index (χ4v) is 3.34. The quantitative estimate of drug-likeness (QED) is 0.481. The summed E-state index contributed by atoms with van der Waals surface area (Å²) in [5, 5.41) is 21.7. The molecule has 1 aromatic rings. The van der Waals surface area contributed by atoms with Crippen molar-refractivity contribution in [2.24, 2.45) is 0 Å². The van der Waals surface area contributed by atoms with Gasteiger partial charge < -0.3 is 28.8 Å². The highest BCUT2D eigenvalue weighted by Gasteiger charge is 2.43. The molecule has 7 heteroatoms. The Morgan fingerprint density at radius 2 is 2.28 bits per heavy atom. The van der Waals surface area contributed by atoms with Crippen LogP contribution in [-0.4, -0.2) is 59.6 Å². The minimum Gasteiger partial charge on any atom is -0.449 e. The Kier molecular flexibility index (Phi) is 8.62. The van der Waals surface area contributed by atoms with Gasteiger partial charge in [-0.3, -0.25) is 0 Å². The molecule has 0 spiro atoms. The van der Waals surface area contributed by atoms with E-state index in [0.717, 1.165) is 11.3 Å². The molecule has 0 bridgehead atoms. The number of hydrogen-bond acceptors (Lipinski definition) is 7. The average Bonchev–Trinajstić information content (AvgIpc) is 3.08. The molecule has 29 heavy (non-hydrogen) atoms. The fourth-order valence-electron chi connectivity index (χ4n) is 3.34. The standard InChI is InChI=1S/C22H31NO6/c1-6-7-17(26-4)9-8-15(2)10-19(24)20-11-18(27-5)12-22(25,29-20)13-21-23-16(3)14-28-21/h1,8-10,14,17-20,24-25H,7,11-13H2,2-5H3/b9-8+,15-10+/t17-,18-,19-,20-,22+/m1/s1. The zero-order chi connectivity index (χ0) is 21.4. The average molecular weight is 405 g/mol. The van der Waals surface area contributed by atoms with Crippen molar-refractivity contribution in [2.45, 2.75) is 69.7 Å². The molecule has 0 unspecified atom stereocenters. The highest BCUT2D eigenvalue weighted by atomic mass is 16.6. The van der Waals surface area contributed by atoms with Crippen molar-refractivity contribution in [3.05, 3.63) is 41.6 Å². The van der Waals surface area contributed by atoms with E-state index in [4.69, 9.17) is 25.1 Å². The topological polar surface area (TPSA) is 94.2 Å². The first-order valence-corrected chi connectivity index (χ1v) is 9.63. The van der Waals surface area contributed by atoms with Crippen LogP contribution >= 0.6 is 0 Å². The first-order chi connectivity index (χ1) is 13.8. The van der Waals surface area contributed by atoms with Crippen molar-refractivity contribution in [2.75, 3.05) is 14.2 Å². The predicted octanol–water partition coefficient (Wildman–Crippen LogP) is 2.31. The van der Waals surface area contributed by atoms with E-state index in [1.165, 1.54) is 6.26 Å². The molecule has 1 aliphatic heterocycles. The van der Waals surface area contributed by atoms with Crippen LogP contribution in [0.4, 0.5) is 0 Å². The Morgan fingerprint density at radius 1 is 1.52 bits per heavy atom. The van der Waals surface area contributed by atoms with E-state index in [9.17, 15) is 10.2 Å². The molecule has 7 nitrogen and oxygen atoms in total. The molecule has 1 aliphatic rings. The van der Waals surface area contributed by atoms with Crippen molar-refractivity contribution in [3.63, 3.8) is 0 Å². The predicted molar refractivity (Wildman–Crippen MR) is 108 cm³/mol. The van der Waals surface area contributed by atoms with Gasteiger partial charge in [0.25, 0.3) is 0 Å². The van der Waals surface area contributed by atoms with Gasteiger partial charge in [-0.25, -0.2) is 4.98 Å². The summed E-state index contributed by atoms with van der Waals surface area (Å²) >= 11 is 0. The van der Waals surface area contributed by atoms with Gasteiger partial charge in [-0.2, -0.15) is 0 Å². The van der Waals surface area contributed by atoms with Gasteiger partial charge in [-0.05, 0) is 13.8 Å². The summed E-state index contributed by atoms with van der Waals surface area (Å²) in [5.41, 5.74) is 1.55. The molecule has 1 fully saturated rings. The number of hydrogen-bond donors (Lipinski definition) is 2. The van der Waals surface area contributed by atoms with Gasteiger partial charge >= 0.3 is 0 Å². The molecule has 0 aromatic carbocycles. The third kappa shape index (κ3) is 7.11. The van der Waals surface area contributed by atoms with Crippen molar-refractivity contribution >= 4 is 0 Å². The van der Waals surface area contributed by atoms with Gasteiger partial charge in [0.05, 0.1) is 36.5 Å². The Bertz CT molecular complexity index is 749. The number of allylic oxidation sites excluding steroid dienone is 2. The Balaban J connectivity index is 2.08. The molecule has 0 amide bonds. The highest BCUT2D eigenvalue weighted by Crippen LogP contribution is 2.33. The van der Waals surface area contributed by atoms with Crippen LogP contribution in [-0.2, 0) is 20.6 Å². The van der Waals surface area contributed by atoms with Crippen molar-refractivity contribution < 1.29 is 28.8 Å². The normalized spacial score (nSPS) is 27.7. The van der Waals surface area contributed by atoms with Gasteiger partial charge in [0.1, 0.15) is 6.26 Å². The molecule has 1 aromatic heterocycles. The van der Waals surface area contributed by atoms with E-state index in [1.807, 2.05) is 26.0 Å². The summed E-state index contributed by atoms with van der Waals surface area (Å²) in [6, 6.07) is 0. The number of rotatable bonds is 9. The molecule has 5 atom stereocenters. The van der Waals surface area contributed by atoms with E-state index in [0.29, 0.717) is 18.7 Å². The number of aliphatic hydroxyl groups is 2. The SMILES string of the molecule is C#CC[C@H](/C=C/C(C)=C/[C@@H](O)[C@H]1C[C@@H](OC)C[C@@](O)(Cc2nc(C)co2)O1)OC. The Labute approximate surface area is 172 Å². The number of methoxy groups -OCH3 is 2. The van der Waals surface area contributed by atoms with Gasteiger partial charge in [0.2, 0.25) is 0 Å². The third-order valence-electron chi connectivity index (χ3n) is 4.85. The zero-order valence-corrected chi connectivity index (χ0v) is 17.5. The van der Waals surface area contributed by atoms with Crippen LogP contribution in [0.15, 0.2) is 34.5 Å². The molecule has 2 N–H and O–H groups in total. The number of aliphatic hydroxyl groups excluding tert-OH is 1. The maximum atomic E-state index is 11.0. The van der Waals surface area contributed by atoms with Gasteiger partial charge in [-0.15, -0.1) is 12.3 Å². The van der Waals surface area contributed by atoms with Gasteiger partial charge in [0.15, 0.2) is 11.7 Å². The van der Waals surface area contributed by atoms with Crippen LogP contribution in [0.1, 0.15) is 37.8 Å². The minimum absolute atomic E-state index is 0.0775. The first-order valence-electron chi connectivity index (χ1n) is 9.63. The van der Waals surface area contributed by atoms with Crippen molar-refractivity contribution in [3.8, 4) is 12.3 Å². The lowest BCUT2D eigenvalue weighted by atomic mass is 9.93. The molecular formula is C22H31NO6. The van der Waals surface area contributed by atoms with E-state index in [1.54, 1.807) is 20.3 Å². The molecule has 2 heterocycles. The maximum Gasteiger partial charge on any atom is 0.199 e. The number of ether oxygens (including phenoxy) is 3. The van der Waals surface area contributed by atoms with E-state index < -0.39 is 18.0 Å². The number of terminal acetylenes is 1. The second-order valence-corrected chi connectivity index (χ2v) is 7.40. The molecule has 2 rings (SSSR count). The molecule has 0 aliphatic carbocycles. The third-order valence-corrected chi connectivity index (χ3v) is 4.85. The zero-order valence-electron chi connectivity index (χ0n) is 17.5. The van der Waals surface area contributed by atoms with Gasteiger partial charge in [-0.1, -0.05) is 23.8 Å². The van der Waals surface area contributed by atoms with Crippen LogP contribution in [0.2, 0.25) is 0 Å². The summed E-state index contributed by atoms with van der Waals surface area (Å²) in [7, 11) is 3.17. The van der Waals surface area contributed by atoms with Crippen LogP contribution in [0.25, 0.3) is 0 Å². The van der Waals surface area contributed by atoms with Crippen LogP contribution in [0.5, 0.6) is 0 Å². The van der Waals surface area contributed by atoms with E-state index in [-0.39, 0.29) is 25.0 Å². The maximum absolute atomic E-state index is 11.0. The number of aryl methyl sites for hydroxylation is 1. The smallest absolute Gasteiger partial charge is 0.199 e. The number of aromatic nitrogens is 1. The molecular weight excluding hydrogens is 374 g/mol. The minimum atomic E-state index is -1.53. The van der Waals surface area contributed by atoms with Crippen LogP contribution in [0.3, 0.4) is 0 Å². The lowest BCUT2D eigenvalue weighted by Crippen LogP contribution is -2.51. The van der Waals surface area contributed by atoms with Crippen LogP contribution < -0.4 is 0 Å². The number of oxazole rings is 1. The summed E-state index contributed by atoms with van der Waals surface area (Å²) in [6.45, 7) is 3.67. The second kappa shape index (κ2) is 10.7. The highest BCUT2D eigenvalue weighted by molar-refractivity contribution is 5.20. The summed E-state index contributed by atoms with van der Waals surface area (Å²) < 4.78 is 21.9. The van der Waals surface area contributed by atoms with Crippen LogP contribution in [0, 0.1) is 19.3 Å². The Hall–Kier alpha value is -1.95. The monoisotopic (exact) mass is 405 g/mol. The summed E-state index contributed by atoms with van der Waals surface area (Å²) in [5.74, 6) is 1.40. The van der Waals surface area contributed by atoms with Crippen molar-refractivity contribution in [1.29, 1.82) is 0 Å². The van der Waals surface area contributed by atoms with E-state index >= 15 is 0 Å². The largest absolute Gasteiger partial charge is 0.449 e. The summed E-state index contributed by atoms with van der Waals surface area (Å²) in [4.78, 5) is 4.23. The number of nitrogens with zero attached hydrogens (tertiary/aromatic N) is 1. The second-order valence-electron chi connectivity index (χ2n) is 7.40. The molecule has 0 saturated carbocycles. The fraction of sp³-hybridized carbons (Fsp3) is 0.591.